The van der Waals surface area contributed by atoms with E-state index < -0.39 is 29.7 Å². The van der Waals surface area contributed by atoms with Gasteiger partial charge in [-0.15, -0.1) is 11.3 Å². The third-order valence-electron chi connectivity index (χ3n) is 4.68. The van der Waals surface area contributed by atoms with Crippen LogP contribution in [-0.2, 0) is 14.3 Å². The second-order valence-electron chi connectivity index (χ2n) is 6.42. The maximum atomic E-state index is 12.8. The number of carbonyl (C=O) groups excluding carboxylic acids is 2. The number of carbonyl (C=O) groups is 3. The van der Waals surface area contributed by atoms with Gasteiger partial charge in [0.05, 0.1) is 18.4 Å². The number of hydrogen-bond acceptors (Lipinski definition) is 5. The number of carboxylic acid groups (broad SMARTS) is 1. The number of carboxylic acids is 1. The molecule has 2 unspecified atom stereocenters. The minimum atomic E-state index is -0.994. The van der Waals surface area contributed by atoms with Gasteiger partial charge in [0.1, 0.15) is 10.6 Å². The number of benzene rings is 1. The molecule has 0 saturated carbocycles. The van der Waals surface area contributed by atoms with Crippen LogP contribution < -0.4 is 5.32 Å². The van der Waals surface area contributed by atoms with Crippen molar-refractivity contribution in [2.24, 2.45) is 11.8 Å². The largest absolute Gasteiger partial charge is 0.481 e. The van der Waals surface area contributed by atoms with Gasteiger partial charge in [-0.05, 0) is 25.3 Å². The molecular formula is C21H21NO5S. The normalized spacial score (nSPS) is 18.5. The molecule has 0 fully saturated rings. The van der Waals surface area contributed by atoms with Gasteiger partial charge in [-0.1, -0.05) is 42.5 Å². The van der Waals surface area contributed by atoms with Crippen LogP contribution in [0.3, 0.4) is 0 Å². The molecule has 0 saturated heterocycles. The van der Waals surface area contributed by atoms with Crippen LogP contribution in [0, 0.1) is 11.8 Å². The van der Waals surface area contributed by atoms with E-state index in [4.69, 9.17) is 4.74 Å². The molecule has 1 aliphatic rings. The van der Waals surface area contributed by atoms with Crippen LogP contribution in [0.4, 0.5) is 5.00 Å². The Morgan fingerprint density at radius 3 is 2.46 bits per heavy atom. The summed E-state index contributed by atoms with van der Waals surface area (Å²) in [5, 5.41) is 14.4. The molecule has 1 aliphatic carbocycles. The number of ether oxygens (including phenoxy) is 1. The van der Waals surface area contributed by atoms with Crippen LogP contribution in [-0.4, -0.2) is 29.6 Å². The zero-order valence-electron chi connectivity index (χ0n) is 15.4. The van der Waals surface area contributed by atoms with Gasteiger partial charge in [0.25, 0.3) is 0 Å². The maximum Gasteiger partial charge on any atom is 0.341 e. The first-order chi connectivity index (χ1) is 13.5. The number of thiophene rings is 1. The maximum absolute atomic E-state index is 12.8. The Labute approximate surface area is 166 Å². The second-order valence-corrected chi connectivity index (χ2v) is 7.30. The standard InChI is InChI=1S/C21H21NO5S/c1-2-27-21(26)17-16(13-8-4-3-5-9-13)12-28-19(17)22-18(23)14-10-6-7-11-15(14)20(24)25/h3-9,12,14-15H,2,10-11H2,1H3,(H,22,23)(H,24,25). The van der Waals surface area contributed by atoms with Gasteiger partial charge in [0.15, 0.2) is 0 Å². The van der Waals surface area contributed by atoms with Gasteiger partial charge >= 0.3 is 11.9 Å². The fourth-order valence-corrected chi connectivity index (χ4v) is 4.23. The van der Waals surface area contributed by atoms with Crippen molar-refractivity contribution in [2.45, 2.75) is 19.8 Å². The van der Waals surface area contributed by atoms with Crippen molar-refractivity contribution in [3.63, 3.8) is 0 Å². The number of amides is 1. The summed E-state index contributed by atoms with van der Waals surface area (Å²) >= 11 is 1.23. The van der Waals surface area contributed by atoms with Crippen molar-refractivity contribution < 1.29 is 24.2 Å². The molecule has 1 amide bonds. The molecule has 0 bridgehead atoms. The molecule has 0 aliphatic heterocycles. The van der Waals surface area contributed by atoms with E-state index in [2.05, 4.69) is 5.32 Å². The van der Waals surface area contributed by atoms with Gasteiger partial charge in [-0.2, -0.15) is 0 Å². The molecule has 1 aromatic heterocycles. The van der Waals surface area contributed by atoms with E-state index in [1.165, 1.54) is 11.3 Å². The number of esters is 1. The lowest BCUT2D eigenvalue weighted by atomic mass is 9.82. The molecule has 1 aromatic carbocycles. The van der Waals surface area contributed by atoms with Gasteiger partial charge in [0.2, 0.25) is 5.91 Å². The molecule has 3 rings (SSSR count). The molecular weight excluding hydrogens is 378 g/mol. The molecule has 2 aromatic rings. The van der Waals surface area contributed by atoms with E-state index in [1.54, 1.807) is 18.4 Å². The van der Waals surface area contributed by atoms with E-state index in [-0.39, 0.29) is 6.61 Å². The minimum absolute atomic E-state index is 0.213. The van der Waals surface area contributed by atoms with E-state index in [0.717, 1.165) is 5.56 Å². The van der Waals surface area contributed by atoms with Crippen molar-refractivity contribution in [3.05, 3.63) is 53.4 Å². The van der Waals surface area contributed by atoms with Crippen molar-refractivity contribution in [1.82, 2.24) is 0 Å². The first-order valence-corrected chi connectivity index (χ1v) is 9.93. The molecule has 146 valence electrons. The Bertz CT molecular complexity index is 903. The molecule has 2 atom stereocenters. The number of anilines is 1. The zero-order chi connectivity index (χ0) is 20.1. The Kier molecular flexibility index (Phi) is 6.26. The highest BCUT2D eigenvalue weighted by Crippen LogP contribution is 2.37. The number of allylic oxidation sites excluding steroid dienone is 2. The molecule has 0 spiro atoms. The van der Waals surface area contributed by atoms with Crippen molar-refractivity contribution in [3.8, 4) is 11.1 Å². The topological polar surface area (TPSA) is 92.7 Å². The lowest BCUT2D eigenvalue weighted by molar-refractivity contribution is -0.146. The van der Waals surface area contributed by atoms with Crippen LogP contribution >= 0.6 is 11.3 Å². The average molecular weight is 399 g/mol. The van der Waals surface area contributed by atoms with Gasteiger partial charge < -0.3 is 15.2 Å². The fourth-order valence-electron chi connectivity index (χ4n) is 3.27. The Balaban J connectivity index is 1.92. The highest BCUT2D eigenvalue weighted by Gasteiger charge is 2.35. The van der Waals surface area contributed by atoms with Gasteiger partial charge in [-0.3, -0.25) is 9.59 Å². The lowest BCUT2D eigenvalue weighted by Crippen LogP contribution is -2.34. The minimum Gasteiger partial charge on any atom is -0.481 e. The average Bonchev–Trinajstić information content (AvgIpc) is 3.12. The zero-order valence-corrected chi connectivity index (χ0v) is 16.2. The Morgan fingerprint density at radius 1 is 1.14 bits per heavy atom. The summed E-state index contributed by atoms with van der Waals surface area (Å²) in [5.41, 5.74) is 1.81. The summed E-state index contributed by atoms with van der Waals surface area (Å²) in [4.78, 5) is 36.9. The number of hydrogen-bond donors (Lipinski definition) is 2. The van der Waals surface area contributed by atoms with E-state index >= 15 is 0 Å². The quantitative estimate of drug-likeness (QED) is 0.561. The molecule has 28 heavy (non-hydrogen) atoms. The Morgan fingerprint density at radius 2 is 1.82 bits per heavy atom. The molecule has 6 nitrogen and oxygen atoms in total. The number of nitrogens with one attached hydrogen (secondary N) is 1. The molecule has 0 radical (unpaired) electrons. The van der Waals surface area contributed by atoms with Crippen LogP contribution in [0.25, 0.3) is 11.1 Å². The smallest absolute Gasteiger partial charge is 0.341 e. The second kappa shape index (κ2) is 8.84. The first-order valence-electron chi connectivity index (χ1n) is 9.05. The fraction of sp³-hybridized carbons (Fsp3) is 0.286. The third-order valence-corrected chi connectivity index (χ3v) is 5.57. The monoisotopic (exact) mass is 399 g/mol. The van der Waals surface area contributed by atoms with E-state index in [1.807, 2.05) is 36.4 Å². The summed E-state index contributed by atoms with van der Waals surface area (Å²) in [7, 11) is 0. The highest BCUT2D eigenvalue weighted by molar-refractivity contribution is 7.15. The SMILES string of the molecule is CCOC(=O)c1c(-c2ccccc2)csc1NC(=O)C1CC=CCC1C(=O)O. The van der Waals surface area contributed by atoms with E-state index in [0.29, 0.717) is 29.0 Å². The van der Waals surface area contributed by atoms with Crippen LogP contribution in [0.15, 0.2) is 47.9 Å². The Hall–Kier alpha value is -2.93. The summed E-state index contributed by atoms with van der Waals surface area (Å²) in [6.07, 6.45) is 4.28. The first kappa shape index (κ1) is 19.8. The molecule has 7 heteroatoms. The van der Waals surface area contributed by atoms with Crippen LogP contribution in [0.1, 0.15) is 30.1 Å². The van der Waals surface area contributed by atoms with Gasteiger partial charge in [0, 0.05) is 10.9 Å². The highest BCUT2D eigenvalue weighted by atomic mass is 32.1. The van der Waals surface area contributed by atoms with E-state index in [9.17, 15) is 19.5 Å². The predicted molar refractivity (Wildman–Crippen MR) is 107 cm³/mol. The molecule has 1 heterocycles. The third kappa shape index (κ3) is 4.14. The van der Waals surface area contributed by atoms with Crippen molar-refractivity contribution in [2.75, 3.05) is 11.9 Å². The summed E-state index contributed by atoms with van der Waals surface area (Å²) in [6, 6.07) is 9.37. The van der Waals surface area contributed by atoms with Crippen molar-refractivity contribution in [1.29, 1.82) is 0 Å². The summed E-state index contributed by atoms with van der Waals surface area (Å²) in [5.74, 6) is -3.37. The number of aliphatic carboxylic acids is 1. The lowest BCUT2D eigenvalue weighted by Gasteiger charge is -2.24. The summed E-state index contributed by atoms with van der Waals surface area (Å²) < 4.78 is 5.19. The predicted octanol–water partition coefficient (Wildman–Crippen LogP) is 4.20. The summed E-state index contributed by atoms with van der Waals surface area (Å²) in [6.45, 7) is 1.93. The van der Waals surface area contributed by atoms with Crippen molar-refractivity contribution >= 4 is 34.2 Å². The van der Waals surface area contributed by atoms with Crippen LogP contribution in [0.2, 0.25) is 0 Å². The number of rotatable bonds is 6. The molecule has 2 N–H and O–H groups in total. The van der Waals surface area contributed by atoms with Gasteiger partial charge in [-0.25, -0.2) is 4.79 Å². The van der Waals surface area contributed by atoms with Crippen LogP contribution in [0.5, 0.6) is 0 Å².